The van der Waals surface area contributed by atoms with Crippen LogP contribution in [0.25, 0.3) is 0 Å². The highest BCUT2D eigenvalue weighted by Gasteiger charge is 2.44. The standard InChI is InChI=1S/C27H26Cl2N2O7/c1-2-37-26(35)17-9-11-30(12-10-17)22-14-24(33)31(25(22)34)19-6-3-16(4-7-19)27(36)38-15-23(32)18-5-8-20(28)21(29)13-18/h3-8,13,17,22H,2,9-12,14-15H2,1H3. The molecule has 9 nitrogen and oxygen atoms in total. The highest BCUT2D eigenvalue weighted by atomic mass is 35.5. The van der Waals surface area contributed by atoms with E-state index in [4.69, 9.17) is 32.7 Å². The van der Waals surface area contributed by atoms with Gasteiger partial charge in [-0.15, -0.1) is 0 Å². The second-order valence-electron chi connectivity index (χ2n) is 9.02. The zero-order valence-electron chi connectivity index (χ0n) is 20.7. The van der Waals surface area contributed by atoms with E-state index in [0.29, 0.717) is 43.2 Å². The van der Waals surface area contributed by atoms with Crippen LogP contribution in [0.15, 0.2) is 42.5 Å². The number of anilines is 1. The van der Waals surface area contributed by atoms with E-state index in [1.165, 1.54) is 42.5 Å². The minimum Gasteiger partial charge on any atom is -0.466 e. The second kappa shape index (κ2) is 12.1. The molecule has 2 aliphatic heterocycles. The molecule has 0 N–H and O–H groups in total. The van der Waals surface area contributed by atoms with E-state index in [1.807, 2.05) is 4.90 Å². The van der Waals surface area contributed by atoms with Gasteiger partial charge in [0.15, 0.2) is 12.4 Å². The molecule has 2 aromatic rings. The number of imide groups is 1. The van der Waals surface area contributed by atoms with Crippen molar-refractivity contribution in [2.75, 3.05) is 31.2 Å². The Bertz CT molecular complexity index is 1260. The third kappa shape index (κ3) is 6.06. The van der Waals surface area contributed by atoms with Gasteiger partial charge in [-0.05, 0) is 75.3 Å². The SMILES string of the molecule is CCOC(=O)C1CCN(C2CC(=O)N(c3ccc(C(=O)OCC(=O)c4ccc(Cl)c(Cl)c4)cc3)C2=O)CC1. The summed E-state index contributed by atoms with van der Waals surface area (Å²) in [5.74, 6) is -2.27. The molecule has 2 aliphatic rings. The van der Waals surface area contributed by atoms with Crippen molar-refractivity contribution in [2.24, 2.45) is 5.92 Å². The van der Waals surface area contributed by atoms with Crippen LogP contribution in [-0.4, -0.2) is 66.8 Å². The highest BCUT2D eigenvalue weighted by molar-refractivity contribution is 6.42. The fourth-order valence-corrected chi connectivity index (χ4v) is 4.89. The van der Waals surface area contributed by atoms with Gasteiger partial charge in [-0.2, -0.15) is 0 Å². The Morgan fingerprint density at radius 2 is 1.58 bits per heavy atom. The monoisotopic (exact) mass is 560 g/mol. The molecule has 2 aromatic carbocycles. The van der Waals surface area contributed by atoms with E-state index in [1.54, 1.807) is 6.92 Å². The number of esters is 2. The molecule has 0 saturated carbocycles. The first-order valence-electron chi connectivity index (χ1n) is 12.2. The molecule has 2 heterocycles. The van der Waals surface area contributed by atoms with Crippen molar-refractivity contribution in [2.45, 2.75) is 32.2 Å². The molecule has 38 heavy (non-hydrogen) atoms. The number of halogens is 2. The minimum absolute atomic E-state index is 0.0452. The van der Waals surface area contributed by atoms with Crippen LogP contribution in [0.5, 0.6) is 0 Å². The number of carbonyl (C=O) groups is 5. The van der Waals surface area contributed by atoms with Gasteiger partial charge < -0.3 is 9.47 Å². The number of ketones is 1. The van der Waals surface area contributed by atoms with Gasteiger partial charge >= 0.3 is 11.9 Å². The minimum atomic E-state index is -0.730. The number of piperidine rings is 1. The highest BCUT2D eigenvalue weighted by Crippen LogP contribution is 2.29. The maximum atomic E-state index is 13.1. The van der Waals surface area contributed by atoms with Gasteiger partial charge in [-0.1, -0.05) is 23.2 Å². The summed E-state index contributed by atoms with van der Waals surface area (Å²) >= 11 is 11.8. The Hall–Kier alpha value is -3.27. The summed E-state index contributed by atoms with van der Waals surface area (Å²) in [6.45, 7) is 2.65. The van der Waals surface area contributed by atoms with Crippen molar-refractivity contribution in [1.29, 1.82) is 0 Å². The number of ether oxygens (including phenoxy) is 2. The zero-order chi connectivity index (χ0) is 27.4. The van der Waals surface area contributed by atoms with Crippen LogP contribution in [0.4, 0.5) is 5.69 Å². The van der Waals surface area contributed by atoms with Crippen LogP contribution in [0.2, 0.25) is 10.0 Å². The largest absolute Gasteiger partial charge is 0.466 e. The fourth-order valence-electron chi connectivity index (χ4n) is 4.59. The maximum Gasteiger partial charge on any atom is 0.338 e. The van der Waals surface area contributed by atoms with E-state index < -0.39 is 24.4 Å². The smallest absolute Gasteiger partial charge is 0.338 e. The summed E-state index contributed by atoms with van der Waals surface area (Å²) in [7, 11) is 0. The molecule has 2 saturated heterocycles. The summed E-state index contributed by atoms with van der Waals surface area (Å²) in [4.78, 5) is 65.6. The Morgan fingerprint density at radius 3 is 2.21 bits per heavy atom. The molecule has 1 atom stereocenters. The molecule has 11 heteroatoms. The quantitative estimate of drug-likeness (QED) is 0.271. The first-order valence-corrected chi connectivity index (χ1v) is 13.0. The Kier molecular flexibility index (Phi) is 8.81. The number of hydrogen-bond donors (Lipinski definition) is 0. The summed E-state index contributed by atoms with van der Waals surface area (Å²) in [6, 6.07) is 9.61. The van der Waals surface area contributed by atoms with Crippen molar-refractivity contribution >= 4 is 58.4 Å². The number of carbonyl (C=O) groups excluding carboxylic acids is 5. The number of hydrogen-bond acceptors (Lipinski definition) is 8. The van der Waals surface area contributed by atoms with Gasteiger partial charge in [0.1, 0.15) is 0 Å². The normalized spacial score (nSPS) is 18.5. The first-order chi connectivity index (χ1) is 18.2. The van der Waals surface area contributed by atoms with Crippen molar-refractivity contribution in [3.05, 3.63) is 63.6 Å². The lowest BCUT2D eigenvalue weighted by molar-refractivity contribution is -0.149. The van der Waals surface area contributed by atoms with E-state index in [-0.39, 0.29) is 46.3 Å². The molecular formula is C27H26Cl2N2O7. The molecule has 4 rings (SSSR count). The van der Waals surface area contributed by atoms with Crippen LogP contribution < -0.4 is 4.90 Å². The molecular weight excluding hydrogens is 535 g/mol. The van der Waals surface area contributed by atoms with E-state index in [9.17, 15) is 24.0 Å². The summed E-state index contributed by atoms with van der Waals surface area (Å²) in [6.07, 6.45) is 1.19. The summed E-state index contributed by atoms with van der Waals surface area (Å²) < 4.78 is 10.2. The second-order valence-corrected chi connectivity index (χ2v) is 9.84. The van der Waals surface area contributed by atoms with Crippen LogP contribution in [0.3, 0.4) is 0 Å². The molecule has 200 valence electrons. The van der Waals surface area contributed by atoms with Crippen LogP contribution in [-0.2, 0) is 23.9 Å². The zero-order valence-corrected chi connectivity index (χ0v) is 22.2. The molecule has 2 amide bonds. The summed E-state index contributed by atoms with van der Waals surface area (Å²) in [5, 5.41) is 0.522. The predicted molar refractivity (Wildman–Crippen MR) is 139 cm³/mol. The van der Waals surface area contributed by atoms with Crippen LogP contribution >= 0.6 is 23.2 Å². The van der Waals surface area contributed by atoms with Gasteiger partial charge in [0.2, 0.25) is 5.91 Å². The topological polar surface area (TPSA) is 110 Å². The van der Waals surface area contributed by atoms with Crippen molar-refractivity contribution in [1.82, 2.24) is 4.90 Å². The first kappa shape index (κ1) is 27.8. The predicted octanol–water partition coefficient (Wildman–Crippen LogP) is 3.94. The Morgan fingerprint density at radius 1 is 0.921 bits per heavy atom. The average molecular weight is 561 g/mol. The number of Topliss-reactive ketones (excluding diaryl/α,β-unsaturated/α-hetero) is 1. The number of amides is 2. The van der Waals surface area contributed by atoms with Crippen LogP contribution in [0.1, 0.15) is 46.9 Å². The molecule has 0 aromatic heterocycles. The number of likely N-dealkylation sites (tertiary alicyclic amines) is 1. The van der Waals surface area contributed by atoms with Crippen molar-refractivity contribution in [3.8, 4) is 0 Å². The van der Waals surface area contributed by atoms with Gasteiger partial charge in [0.25, 0.3) is 5.91 Å². The number of benzene rings is 2. The average Bonchev–Trinajstić information content (AvgIpc) is 3.22. The third-order valence-corrected chi connectivity index (χ3v) is 7.39. The number of nitrogens with zero attached hydrogens (tertiary/aromatic N) is 2. The van der Waals surface area contributed by atoms with Crippen molar-refractivity contribution < 1.29 is 33.4 Å². The molecule has 1 unspecified atom stereocenters. The molecule has 0 aliphatic carbocycles. The lowest BCUT2D eigenvalue weighted by atomic mass is 9.95. The van der Waals surface area contributed by atoms with Gasteiger partial charge in [0.05, 0.1) is 46.3 Å². The Labute approximate surface area is 229 Å². The fraction of sp³-hybridized carbons (Fsp3) is 0.370. The number of rotatable bonds is 8. The summed E-state index contributed by atoms with van der Waals surface area (Å²) in [5.41, 5.74) is 0.757. The lowest BCUT2D eigenvalue weighted by Crippen LogP contribution is -2.47. The molecule has 2 fully saturated rings. The van der Waals surface area contributed by atoms with E-state index in [2.05, 4.69) is 0 Å². The van der Waals surface area contributed by atoms with E-state index >= 15 is 0 Å². The molecule has 0 spiro atoms. The third-order valence-electron chi connectivity index (χ3n) is 6.65. The van der Waals surface area contributed by atoms with Crippen LogP contribution in [0, 0.1) is 5.92 Å². The maximum absolute atomic E-state index is 13.1. The van der Waals surface area contributed by atoms with E-state index in [0.717, 1.165) is 4.90 Å². The van der Waals surface area contributed by atoms with Gasteiger partial charge in [-0.25, -0.2) is 9.69 Å². The van der Waals surface area contributed by atoms with Gasteiger partial charge in [-0.3, -0.25) is 24.1 Å². The molecule has 0 bridgehead atoms. The van der Waals surface area contributed by atoms with Crippen molar-refractivity contribution in [3.63, 3.8) is 0 Å². The van der Waals surface area contributed by atoms with Gasteiger partial charge in [0, 0.05) is 5.56 Å². The molecule has 0 radical (unpaired) electrons. The Balaban J connectivity index is 1.33. The lowest BCUT2D eigenvalue weighted by Gasteiger charge is -2.33.